The van der Waals surface area contributed by atoms with Crippen LogP contribution in [0.25, 0.3) is 0 Å². The number of nitrogens with zero attached hydrogens (tertiary/aromatic N) is 2. The highest BCUT2D eigenvalue weighted by atomic mass is 16.7. The van der Waals surface area contributed by atoms with Crippen molar-refractivity contribution < 1.29 is 24.3 Å². The van der Waals surface area contributed by atoms with Gasteiger partial charge in [-0.25, -0.2) is 0 Å². The molecule has 3 aliphatic rings. The fourth-order valence-electron chi connectivity index (χ4n) is 3.82. The van der Waals surface area contributed by atoms with E-state index >= 15 is 0 Å². The lowest BCUT2D eigenvalue weighted by molar-refractivity contribution is -0.148. The Balaban J connectivity index is 1.50. The number of nitrogens with one attached hydrogen (secondary N) is 1. The van der Waals surface area contributed by atoms with Crippen LogP contribution in [0.15, 0.2) is 5.16 Å². The Labute approximate surface area is 146 Å². The van der Waals surface area contributed by atoms with Crippen LogP contribution >= 0.6 is 0 Å². The molecule has 3 heterocycles. The number of hydrogen-bond donors (Lipinski definition) is 2. The van der Waals surface area contributed by atoms with Crippen molar-refractivity contribution in [2.75, 3.05) is 19.6 Å². The third-order valence-electron chi connectivity index (χ3n) is 5.28. The van der Waals surface area contributed by atoms with Crippen LogP contribution in [0.5, 0.6) is 0 Å². The van der Waals surface area contributed by atoms with Gasteiger partial charge in [-0.2, -0.15) is 0 Å². The Hall–Kier alpha value is -1.96. The van der Waals surface area contributed by atoms with Crippen LogP contribution in [0, 0.1) is 5.92 Å². The minimum Gasteiger partial charge on any atom is -0.481 e. The zero-order valence-corrected chi connectivity index (χ0v) is 14.3. The molecule has 2 amide bonds. The van der Waals surface area contributed by atoms with E-state index in [2.05, 4.69) is 10.5 Å². The minimum absolute atomic E-state index is 0.000741. The van der Waals surface area contributed by atoms with Crippen molar-refractivity contribution >= 4 is 23.5 Å². The molecule has 2 fully saturated rings. The number of carboxylic acid groups (broad SMARTS) is 1. The molecular weight excluding hydrogens is 326 g/mol. The summed E-state index contributed by atoms with van der Waals surface area (Å²) in [5.74, 6) is -0.933. The Morgan fingerprint density at radius 1 is 1.32 bits per heavy atom. The molecule has 1 atom stereocenters. The van der Waals surface area contributed by atoms with Crippen LogP contribution in [-0.2, 0) is 19.2 Å². The summed E-state index contributed by atoms with van der Waals surface area (Å²) in [4.78, 5) is 41.9. The van der Waals surface area contributed by atoms with E-state index in [1.54, 1.807) is 0 Å². The monoisotopic (exact) mass is 351 g/mol. The summed E-state index contributed by atoms with van der Waals surface area (Å²) >= 11 is 0. The van der Waals surface area contributed by atoms with Gasteiger partial charge in [-0.15, -0.1) is 0 Å². The maximum Gasteiger partial charge on any atom is 0.303 e. The van der Waals surface area contributed by atoms with Crippen molar-refractivity contribution in [3.8, 4) is 0 Å². The third kappa shape index (κ3) is 4.00. The zero-order chi connectivity index (χ0) is 17.9. The number of oxime groups is 1. The smallest absolute Gasteiger partial charge is 0.303 e. The molecule has 0 aromatic heterocycles. The Morgan fingerprint density at radius 2 is 2.08 bits per heavy atom. The molecule has 0 aromatic rings. The highest BCUT2D eigenvalue weighted by Gasteiger charge is 2.57. The third-order valence-corrected chi connectivity index (χ3v) is 5.28. The largest absolute Gasteiger partial charge is 0.481 e. The molecular formula is C17H25N3O5. The molecule has 0 bridgehead atoms. The molecule has 3 aliphatic heterocycles. The van der Waals surface area contributed by atoms with Crippen molar-refractivity contribution in [3.05, 3.63) is 0 Å². The number of carbonyl (C=O) groups is 3. The van der Waals surface area contributed by atoms with E-state index in [1.165, 1.54) is 0 Å². The summed E-state index contributed by atoms with van der Waals surface area (Å²) in [6.45, 7) is 2.23. The predicted octanol–water partition coefficient (Wildman–Crippen LogP) is 0.905. The SMILES string of the molecule is O=C(O)CCCN1C(=O)C[C@@]2(CC(CCC3CCNCC3)=NO2)C1=O. The summed E-state index contributed by atoms with van der Waals surface area (Å²) in [5, 5.41) is 16.1. The first-order valence-electron chi connectivity index (χ1n) is 9.01. The number of carboxylic acids is 1. The molecule has 0 saturated carbocycles. The normalized spacial score (nSPS) is 27.0. The van der Waals surface area contributed by atoms with Gasteiger partial charge in [0.15, 0.2) is 0 Å². The molecule has 0 unspecified atom stereocenters. The van der Waals surface area contributed by atoms with Crippen LogP contribution in [0.3, 0.4) is 0 Å². The Kier molecular flexibility index (Phi) is 5.36. The van der Waals surface area contributed by atoms with Crippen LogP contribution in [0.2, 0.25) is 0 Å². The van der Waals surface area contributed by atoms with Gasteiger partial charge in [-0.3, -0.25) is 19.3 Å². The van der Waals surface area contributed by atoms with Crippen molar-refractivity contribution in [3.63, 3.8) is 0 Å². The van der Waals surface area contributed by atoms with Gasteiger partial charge in [0.2, 0.25) is 11.5 Å². The standard InChI is InChI=1S/C17H25N3O5/c21-14-11-17(16(24)20(14)9-1-2-15(22)23)10-13(19-25-17)4-3-12-5-7-18-8-6-12/h12,18H,1-11H2,(H,22,23)/t17-/m0/s1. The minimum atomic E-state index is -1.18. The highest BCUT2D eigenvalue weighted by molar-refractivity contribution is 6.10. The number of carbonyl (C=O) groups excluding carboxylic acids is 2. The first-order valence-corrected chi connectivity index (χ1v) is 9.01. The summed E-state index contributed by atoms with van der Waals surface area (Å²) in [7, 11) is 0. The van der Waals surface area contributed by atoms with Gasteiger partial charge in [0, 0.05) is 19.4 Å². The van der Waals surface area contributed by atoms with Gasteiger partial charge in [0.1, 0.15) is 0 Å². The van der Waals surface area contributed by atoms with Crippen molar-refractivity contribution in [2.45, 2.75) is 57.0 Å². The summed E-state index contributed by atoms with van der Waals surface area (Å²) < 4.78 is 0. The molecule has 0 aliphatic carbocycles. The van der Waals surface area contributed by atoms with Crippen LogP contribution in [-0.4, -0.2) is 58.7 Å². The fourth-order valence-corrected chi connectivity index (χ4v) is 3.82. The van der Waals surface area contributed by atoms with Crippen molar-refractivity contribution in [1.82, 2.24) is 10.2 Å². The van der Waals surface area contributed by atoms with Gasteiger partial charge in [0.25, 0.3) is 5.91 Å². The molecule has 25 heavy (non-hydrogen) atoms. The summed E-state index contributed by atoms with van der Waals surface area (Å²) in [6.07, 6.45) is 4.71. The molecule has 8 nitrogen and oxygen atoms in total. The molecule has 0 aromatic carbocycles. The van der Waals surface area contributed by atoms with E-state index < -0.39 is 11.6 Å². The number of piperidine rings is 1. The van der Waals surface area contributed by atoms with Crippen LogP contribution in [0.4, 0.5) is 0 Å². The Bertz CT molecular complexity index is 585. The lowest BCUT2D eigenvalue weighted by Crippen LogP contribution is -2.41. The average molecular weight is 351 g/mol. The fraction of sp³-hybridized carbons (Fsp3) is 0.765. The van der Waals surface area contributed by atoms with Crippen LogP contribution in [0.1, 0.15) is 51.4 Å². The van der Waals surface area contributed by atoms with E-state index in [9.17, 15) is 14.4 Å². The first kappa shape index (κ1) is 17.8. The lowest BCUT2D eigenvalue weighted by Gasteiger charge is -2.22. The highest BCUT2D eigenvalue weighted by Crippen LogP contribution is 2.37. The maximum absolute atomic E-state index is 12.6. The van der Waals surface area contributed by atoms with Gasteiger partial charge in [-0.05, 0) is 51.1 Å². The topological polar surface area (TPSA) is 108 Å². The molecule has 3 rings (SSSR count). The lowest BCUT2D eigenvalue weighted by atomic mass is 9.89. The van der Waals surface area contributed by atoms with E-state index in [4.69, 9.17) is 9.94 Å². The molecule has 2 saturated heterocycles. The van der Waals surface area contributed by atoms with E-state index in [0.29, 0.717) is 12.3 Å². The molecule has 138 valence electrons. The molecule has 0 radical (unpaired) electrons. The summed E-state index contributed by atoms with van der Waals surface area (Å²) in [6, 6.07) is 0. The van der Waals surface area contributed by atoms with Gasteiger partial charge >= 0.3 is 5.97 Å². The molecule has 1 spiro atoms. The van der Waals surface area contributed by atoms with Gasteiger partial charge < -0.3 is 15.3 Å². The number of imide groups is 1. The molecule has 2 N–H and O–H groups in total. The quantitative estimate of drug-likeness (QED) is 0.660. The number of hydrogen-bond acceptors (Lipinski definition) is 6. The van der Waals surface area contributed by atoms with Crippen molar-refractivity contribution in [2.24, 2.45) is 11.1 Å². The number of rotatable bonds is 7. The van der Waals surface area contributed by atoms with E-state index in [-0.39, 0.29) is 37.6 Å². The zero-order valence-electron chi connectivity index (χ0n) is 14.3. The average Bonchev–Trinajstić information content (AvgIpc) is 3.10. The second-order valence-corrected chi connectivity index (χ2v) is 7.18. The van der Waals surface area contributed by atoms with Crippen LogP contribution < -0.4 is 5.32 Å². The Morgan fingerprint density at radius 3 is 2.80 bits per heavy atom. The number of likely N-dealkylation sites (tertiary alicyclic amines) is 1. The number of amides is 2. The van der Waals surface area contributed by atoms with Crippen molar-refractivity contribution in [1.29, 1.82) is 0 Å². The number of aliphatic carboxylic acids is 1. The maximum atomic E-state index is 12.6. The molecule has 8 heteroatoms. The van der Waals surface area contributed by atoms with E-state index in [0.717, 1.165) is 49.4 Å². The second-order valence-electron chi connectivity index (χ2n) is 7.18. The summed E-state index contributed by atoms with van der Waals surface area (Å²) in [5.41, 5.74) is -0.323. The second kappa shape index (κ2) is 7.51. The van der Waals surface area contributed by atoms with Gasteiger partial charge in [0.05, 0.1) is 12.1 Å². The first-order chi connectivity index (χ1) is 12.0. The van der Waals surface area contributed by atoms with E-state index in [1.807, 2.05) is 0 Å². The van der Waals surface area contributed by atoms with Gasteiger partial charge in [-0.1, -0.05) is 5.16 Å². The predicted molar refractivity (Wildman–Crippen MR) is 88.9 cm³/mol.